The first-order valence-corrected chi connectivity index (χ1v) is 12.5. The van der Waals surface area contributed by atoms with Gasteiger partial charge in [-0.25, -0.2) is 0 Å². The number of carbonyl (C=O) groups excluding carboxylic acids is 1. The Bertz CT molecular complexity index is 1080. The molecule has 32 heavy (non-hydrogen) atoms. The second-order valence-corrected chi connectivity index (χ2v) is 10.3. The summed E-state index contributed by atoms with van der Waals surface area (Å²) in [7, 11) is 1.62. The number of thiocarbonyl (C=S) groups is 1. The molecule has 9 heteroatoms. The quantitative estimate of drug-likeness (QED) is 0.399. The van der Waals surface area contributed by atoms with Crippen molar-refractivity contribution >= 4 is 61.9 Å². The van der Waals surface area contributed by atoms with Gasteiger partial charge in [0.15, 0.2) is 0 Å². The van der Waals surface area contributed by atoms with Gasteiger partial charge in [-0.2, -0.15) is 0 Å². The van der Waals surface area contributed by atoms with Crippen LogP contribution >= 0.6 is 39.9 Å². The Balaban J connectivity index is 1.61. The first-order chi connectivity index (χ1) is 15.4. The number of methoxy groups -OCH3 is 1. The molecule has 2 aliphatic heterocycles. The molecule has 1 aromatic heterocycles. The van der Waals surface area contributed by atoms with Gasteiger partial charge in [0, 0.05) is 41.7 Å². The molecule has 2 saturated heterocycles. The number of carbonyl (C=O) groups is 1. The van der Waals surface area contributed by atoms with Gasteiger partial charge in [0.05, 0.1) is 37.0 Å². The van der Waals surface area contributed by atoms with E-state index in [1.807, 2.05) is 6.08 Å². The molecule has 4 rings (SSSR count). The number of aryl methyl sites for hydroxylation is 1. The summed E-state index contributed by atoms with van der Waals surface area (Å²) in [6.45, 7) is 8.39. The molecule has 6 nitrogen and oxygen atoms in total. The van der Waals surface area contributed by atoms with Crippen LogP contribution in [0.5, 0.6) is 0 Å². The molecule has 0 unspecified atom stereocenters. The van der Waals surface area contributed by atoms with E-state index in [9.17, 15) is 4.79 Å². The third-order valence-corrected chi connectivity index (χ3v) is 7.70. The maximum atomic E-state index is 12.8. The molecule has 2 fully saturated rings. The minimum atomic E-state index is -0.0561. The van der Waals surface area contributed by atoms with Crippen LogP contribution in [-0.2, 0) is 14.3 Å². The highest BCUT2D eigenvalue weighted by molar-refractivity contribution is 9.10. The van der Waals surface area contributed by atoms with Crippen LogP contribution in [-0.4, -0.2) is 66.3 Å². The maximum Gasteiger partial charge on any atom is 0.266 e. The van der Waals surface area contributed by atoms with Crippen molar-refractivity contribution in [3.05, 3.63) is 50.6 Å². The van der Waals surface area contributed by atoms with E-state index in [1.165, 1.54) is 17.4 Å². The van der Waals surface area contributed by atoms with Crippen molar-refractivity contribution in [2.75, 3.05) is 51.5 Å². The Morgan fingerprint density at radius 1 is 1.25 bits per heavy atom. The molecule has 3 heterocycles. The smallest absolute Gasteiger partial charge is 0.266 e. The molecule has 2 aliphatic rings. The Labute approximate surface area is 206 Å². The molecular weight excluding hydrogens is 510 g/mol. The number of rotatable bonds is 6. The highest BCUT2D eigenvalue weighted by Gasteiger charge is 2.32. The van der Waals surface area contributed by atoms with Crippen LogP contribution in [0.1, 0.15) is 17.0 Å². The average molecular weight is 537 g/mol. The second-order valence-electron chi connectivity index (χ2n) is 7.72. The minimum Gasteiger partial charge on any atom is -0.383 e. The van der Waals surface area contributed by atoms with Crippen LogP contribution in [0.4, 0.5) is 5.69 Å². The van der Waals surface area contributed by atoms with Crippen molar-refractivity contribution in [3.8, 4) is 5.69 Å². The summed E-state index contributed by atoms with van der Waals surface area (Å²) in [6.07, 6.45) is 1.95. The molecule has 2 aromatic rings. The summed E-state index contributed by atoms with van der Waals surface area (Å²) in [5, 5.41) is 0. The van der Waals surface area contributed by atoms with Crippen molar-refractivity contribution in [1.29, 1.82) is 0 Å². The zero-order valence-electron chi connectivity index (χ0n) is 18.4. The van der Waals surface area contributed by atoms with Gasteiger partial charge in [-0.1, -0.05) is 24.0 Å². The summed E-state index contributed by atoms with van der Waals surface area (Å²) in [6, 6.07) is 8.56. The molecule has 0 saturated carbocycles. The molecule has 0 radical (unpaired) electrons. The number of thioether (sulfide) groups is 1. The number of benzene rings is 1. The van der Waals surface area contributed by atoms with Crippen LogP contribution in [0.2, 0.25) is 0 Å². The fraction of sp³-hybridized carbons (Fsp3) is 0.391. The van der Waals surface area contributed by atoms with E-state index in [-0.39, 0.29) is 5.91 Å². The second kappa shape index (κ2) is 10.1. The van der Waals surface area contributed by atoms with Gasteiger partial charge < -0.3 is 18.9 Å². The van der Waals surface area contributed by atoms with Crippen LogP contribution in [0.25, 0.3) is 11.8 Å². The number of ether oxygens (including phenoxy) is 2. The number of anilines is 1. The van der Waals surface area contributed by atoms with Gasteiger partial charge in [-0.05, 0) is 65.7 Å². The summed E-state index contributed by atoms with van der Waals surface area (Å²) < 4.78 is 14.4. The zero-order chi connectivity index (χ0) is 22.8. The predicted octanol–water partition coefficient (Wildman–Crippen LogP) is 4.54. The number of nitrogens with zero attached hydrogens (tertiary/aromatic N) is 3. The Morgan fingerprint density at radius 3 is 2.69 bits per heavy atom. The van der Waals surface area contributed by atoms with Gasteiger partial charge in [0.25, 0.3) is 5.91 Å². The van der Waals surface area contributed by atoms with E-state index in [1.54, 1.807) is 12.0 Å². The number of halogens is 1. The fourth-order valence-corrected chi connectivity index (χ4v) is 5.96. The van der Waals surface area contributed by atoms with Crippen LogP contribution in [0.15, 0.2) is 33.6 Å². The summed E-state index contributed by atoms with van der Waals surface area (Å²) in [5.41, 5.74) is 5.46. The molecule has 0 spiro atoms. The highest BCUT2D eigenvalue weighted by Crippen LogP contribution is 2.35. The lowest BCUT2D eigenvalue weighted by atomic mass is 10.2. The molecule has 0 bridgehead atoms. The number of hydrogen-bond donors (Lipinski definition) is 0. The van der Waals surface area contributed by atoms with E-state index in [0.717, 1.165) is 53.4 Å². The Kier molecular flexibility index (Phi) is 7.41. The lowest BCUT2D eigenvalue weighted by Gasteiger charge is -2.30. The third-order valence-electron chi connectivity index (χ3n) is 5.69. The summed E-state index contributed by atoms with van der Waals surface area (Å²) >= 11 is 10.5. The molecule has 170 valence electrons. The van der Waals surface area contributed by atoms with Gasteiger partial charge in [0.1, 0.15) is 4.32 Å². The van der Waals surface area contributed by atoms with Crippen LogP contribution in [0, 0.1) is 13.8 Å². The van der Waals surface area contributed by atoms with Crippen molar-refractivity contribution < 1.29 is 14.3 Å². The summed E-state index contributed by atoms with van der Waals surface area (Å²) in [5.74, 6) is -0.0561. The van der Waals surface area contributed by atoms with Crippen LogP contribution < -0.4 is 4.90 Å². The normalized spacial score (nSPS) is 18.3. The molecule has 1 aromatic carbocycles. The van der Waals surface area contributed by atoms with E-state index in [4.69, 9.17) is 21.7 Å². The average Bonchev–Trinajstić information content (AvgIpc) is 3.21. The van der Waals surface area contributed by atoms with Gasteiger partial charge in [-0.15, -0.1) is 0 Å². The van der Waals surface area contributed by atoms with Gasteiger partial charge >= 0.3 is 0 Å². The number of morpholine rings is 1. The largest absolute Gasteiger partial charge is 0.383 e. The third kappa shape index (κ3) is 4.68. The van der Waals surface area contributed by atoms with E-state index < -0.39 is 0 Å². The topological polar surface area (TPSA) is 46.9 Å². The Hall–Kier alpha value is -1.65. The van der Waals surface area contributed by atoms with Crippen molar-refractivity contribution in [2.45, 2.75) is 13.8 Å². The zero-order valence-corrected chi connectivity index (χ0v) is 21.6. The van der Waals surface area contributed by atoms with E-state index >= 15 is 0 Å². The maximum absolute atomic E-state index is 12.8. The van der Waals surface area contributed by atoms with Crippen molar-refractivity contribution in [2.24, 2.45) is 0 Å². The monoisotopic (exact) mass is 535 g/mol. The lowest BCUT2D eigenvalue weighted by molar-refractivity contribution is -0.122. The number of aromatic nitrogens is 1. The van der Waals surface area contributed by atoms with E-state index in [2.05, 4.69) is 63.5 Å². The van der Waals surface area contributed by atoms with E-state index in [0.29, 0.717) is 22.4 Å². The summed E-state index contributed by atoms with van der Waals surface area (Å²) in [4.78, 5) is 17.4. The lowest BCUT2D eigenvalue weighted by Crippen LogP contribution is -2.36. The van der Waals surface area contributed by atoms with Gasteiger partial charge in [-0.3, -0.25) is 9.69 Å². The molecule has 0 atom stereocenters. The highest BCUT2D eigenvalue weighted by atomic mass is 79.9. The predicted molar refractivity (Wildman–Crippen MR) is 138 cm³/mol. The van der Waals surface area contributed by atoms with Crippen molar-refractivity contribution in [3.63, 3.8) is 0 Å². The minimum absolute atomic E-state index is 0.0561. The fourth-order valence-electron chi connectivity index (χ4n) is 4.04. The molecule has 0 N–H and O–H groups in total. The first kappa shape index (κ1) is 23.5. The Morgan fingerprint density at radius 2 is 2.00 bits per heavy atom. The van der Waals surface area contributed by atoms with Gasteiger partial charge in [0.2, 0.25) is 0 Å². The SMILES string of the molecule is COCCN1C(=O)/C(=C/c2cc(C)n(-c3ccc(N4CCOCC4)c(Br)c3)c2C)SC1=S. The molecular formula is C23H26BrN3O3S2. The molecule has 0 aliphatic carbocycles. The first-order valence-electron chi connectivity index (χ1n) is 10.5. The number of hydrogen-bond acceptors (Lipinski definition) is 6. The van der Waals surface area contributed by atoms with Crippen LogP contribution in [0.3, 0.4) is 0 Å². The van der Waals surface area contributed by atoms with Crippen molar-refractivity contribution in [1.82, 2.24) is 9.47 Å². The molecule has 1 amide bonds. The number of amides is 1. The standard InChI is InChI=1S/C23H26BrN3O3S2/c1-15-12-17(13-21-22(28)26(8-9-29-3)23(31)32-21)16(2)27(15)18-4-5-20(19(24)14-18)25-6-10-30-11-7-25/h4-5,12-14H,6-11H2,1-3H3/b21-13-.